The van der Waals surface area contributed by atoms with E-state index >= 15 is 0 Å². The van der Waals surface area contributed by atoms with Crippen molar-refractivity contribution in [1.82, 2.24) is 9.97 Å². The van der Waals surface area contributed by atoms with Gasteiger partial charge in [0.15, 0.2) is 5.78 Å². The Kier molecular flexibility index (Phi) is 11.0. The minimum atomic E-state index is 0.0285. The lowest BCUT2D eigenvalue weighted by Crippen LogP contribution is -2.12. The maximum atomic E-state index is 11.0. The molecule has 2 aromatic carbocycles. The normalized spacial score (nSPS) is 17.1. The fourth-order valence-electron chi connectivity index (χ4n) is 3.84. The molecule has 0 aliphatic heterocycles. The summed E-state index contributed by atoms with van der Waals surface area (Å²) in [6.45, 7) is 8.18. The molecule has 0 N–H and O–H groups in total. The smallest absolute Gasteiger partial charge is 0.161 e. The summed E-state index contributed by atoms with van der Waals surface area (Å²) >= 11 is 3.28. The highest BCUT2D eigenvalue weighted by atomic mass is 79.9. The first kappa shape index (κ1) is 27.8. The lowest BCUT2D eigenvalue weighted by Gasteiger charge is -2.22. The predicted molar refractivity (Wildman–Crippen MR) is 146 cm³/mol. The summed E-state index contributed by atoms with van der Waals surface area (Å²) in [5, 5.41) is 1.10. The highest BCUT2D eigenvalue weighted by Crippen LogP contribution is 2.27. The molecule has 34 heavy (non-hydrogen) atoms. The number of ether oxygens (including phenoxy) is 1. The van der Waals surface area contributed by atoms with E-state index < -0.39 is 0 Å². The van der Waals surface area contributed by atoms with Gasteiger partial charge in [-0.25, -0.2) is 9.97 Å². The van der Waals surface area contributed by atoms with E-state index in [1.54, 1.807) is 25.3 Å². The molecule has 0 spiro atoms. The summed E-state index contributed by atoms with van der Waals surface area (Å²) < 4.78 is 5.79. The van der Waals surface area contributed by atoms with Crippen LogP contribution >= 0.6 is 15.9 Å². The summed E-state index contributed by atoms with van der Waals surface area (Å²) in [5.41, 5.74) is 1.65. The van der Waals surface area contributed by atoms with E-state index in [9.17, 15) is 4.79 Å². The number of carbonyl (C=O) groups is 1. The second kappa shape index (κ2) is 13.4. The number of anilines is 1. The SMILES string of the molecule is CC1CCC(C)CC1.COc1ccc(Br)c(C(C)=O)c1.Cc1nc(N(C)C)c2ccccc2n1. The van der Waals surface area contributed by atoms with Crippen LogP contribution < -0.4 is 9.64 Å². The molecule has 184 valence electrons. The molecule has 5 nitrogen and oxygen atoms in total. The molecule has 0 saturated heterocycles. The van der Waals surface area contributed by atoms with Crippen molar-refractivity contribution in [3.05, 3.63) is 58.3 Å². The lowest BCUT2D eigenvalue weighted by atomic mass is 9.84. The van der Waals surface area contributed by atoms with Crippen molar-refractivity contribution in [3.8, 4) is 5.75 Å². The fourth-order valence-corrected chi connectivity index (χ4v) is 4.37. The Morgan fingerprint density at radius 3 is 2.12 bits per heavy atom. The van der Waals surface area contributed by atoms with Crippen molar-refractivity contribution in [2.24, 2.45) is 11.8 Å². The molecule has 0 atom stereocenters. The zero-order chi connectivity index (χ0) is 25.3. The number of nitrogens with zero attached hydrogens (tertiary/aromatic N) is 3. The van der Waals surface area contributed by atoms with Gasteiger partial charge in [0, 0.05) is 29.5 Å². The number of rotatable bonds is 3. The average Bonchev–Trinajstić information content (AvgIpc) is 2.81. The van der Waals surface area contributed by atoms with E-state index in [4.69, 9.17) is 4.74 Å². The zero-order valence-electron chi connectivity index (χ0n) is 21.6. The third-order valence-corrected chi connectivity index (χ3v) is 6.67. The minimum absolute atomic E-state index is 0.0285. The number of aryl methyl sites for hydroxylation is 1. The standard InChI is InChI=1S/C11H13N3.C9H9BrO2.C8H16/c1-8-12-10-7-5-4-6-9(10)11(13-8)14(2)3;1-6(11)8-5-7(12-2)3-4-9(8)10;1-7-3-5-8(2)6-4-7/h4-7H,1-3H3;3-5H,1-2H3;7-8H,3-6H2,1-2H3. The predicted octanol–water partition coefficient (Wildman–Crippen LogP) is 7.50. The summed E-state index contributed by atoms with van der Waals surface area (Å²) in [6.07, 6.45) is 5.89. The molecule has 1 aliphatic carbocycles. The van der Waals surface area contributed by atoms with Crippen LogP contribution in [-0.4, -0.2) is 37.0 Å². The van der Waals surface area contributed by atoms with Gasteiger partial charge in [-0.1, -0.05) is 67.6 Å². The van der Waals surface area contributed by atoms with Crippen LogP contribution in [0.2, 0.25) is 0 Å². The summed E-state index contributed by atoms with van der Waals surface area (Å²) in [4.78, 5) is 21.9. The maximum absolute atomic E-state index is 11.0. The van der Waals surface area contributed by atoms with Gasteiger partial charge >= 0.3 is 0 Å². The fraction of sp³-hybridized carbons (Fsp3) is 0.464. The highest BCUT2D eigenvalue weighted by molar-refractivity contribution is 9.10. The van der Waals surface area contributed by atoms with Crippen molar-refractivity contribution < 1.29 is 9.53 Å². The van der Waals surface area contributed by atoms with Crippen molar-refractivity contribution in [2.45, 2.75) is 53.4 Å². The molecule has 1 aliphatic rings. The van der Waals surface area contributed by atoms with Crippen molar-refractivity contribution in [2.75, 3.05) is 26.1 Å². The van der Waals surface area contributed by atoms with E-state index in [2.05, 4.69) is 39.7 Å². The molecule has 0 unspecified atom stereocenters. The number of methoxy groups -OCH3 is 1. The molecule has 3 aromatic rings. The van der Waals surface area contributed by atoms with E-state index in [1.165, 1.54) is 32.6 Å². The number of hydrogen-bond donors (Lipinski definition) is 0. The Morgan fingerprint density at radius 2 is 1.59 bits per heavy atom. The van der Waals surface area contributed by atoms with Gasteiger partial charge in [-0.3, -0.25) is 4.79 Å². The molecule has 4 rings (SSSR count). The van der Waals surface area contributed by atoms with Gasteiger partial charge in [0.1, 0.15) is 17.4 Å². The molecule has 1 saturated carbocycles. The number of Topliss-reactive ketones (excluding diaryl/α,β-unsaturated/α-hetero) is 1. The number of halogens is 1. The van der Waals surface area contributed by atoms with E-state index in [-0.39, 0.29) is 5.78 Å². The van der Waals surface area contributed by atoms with Gasteiger partial charge < -0.3 is 9.64 Å². The first-order valence-electron chi connectivity index (χ1n) is 11.9. The van der Waals surface area contributed by atoms with Crippen molar-refractivity contribution >= 4 is 38.4 Å². The first-order chi connectivity index (χ1) is 16.1. The van der Waals surface area contributed by atoms with E-state index in [0.29, 0.717) is 11.3 Å². The monoisotopic (exact) mass is 527 g/mol. The Balaban J connectivity index is 0.000000187. The van der Waals surface area contributed by atoms with Crippen LogP contribution in [0.15, 0.2) is 46.9 Å². The Bertz CT molecular complexity index is 1070. The van der Waals surface area contributed by atoms with Crippen LogP contribution in [0.25, 0.3) is 10.9 Å². The van der Waals surface area contributed by atoms with Crippen LogP contribution in [0.3, 0.4) is 0 Å². The quantitative estimate of drug-likeness (QED) is 0.330. The number of hydrogen-bond acceptors (Lipinski definition) is 5. The van der Waals surface area contributed by atoms with Gasteiger partial charge in [-0.05, 0) is 56.0 Å². The number of ketones is 1. The van der Waals surface area contributed by atoms with Crippen molar-refractivity contribution in [3.63, 3.8) is 0 Å². The molecule has 0 amide bonds. The van der Waals surface area contributed by atoms with Gasteiger partial charge in [-0.15, -0.1) is 0 Å². The second-order valence-corrected chi connectivity index (χ2v) is 10.1. The number of carbonyl (C=O) groups excluding carboxylic acids is 1. The summed E-state index contributed by atoms with van der Waals surface area (Å²) in [5.74, 6) is 4.56. The van der Waals surface area contributed by atoms with Crippen LogP contribution in [-0.2, 0) is 0 Å². The van der Waals surface area contributed by atoms with Crippen LogP contribution in [0, 0.1) is 18.8 Å². The first-order valence-corrected chi connectivity index (χ1v) is 12.7. The molecular formula is C28H38BrN3O2. The molecular weight excluding hydrogens is 490 g/mol. The number of fused-ring (bicyclic) bond motifs is 1. The third kappa shape index (κ3) is 8.39. The Morgan fingerprint density at radius 1 is 1.00 bits per heavy atom. The molecule has 6 heteroatoms. The van der Waals surface area contributed by atoms with Crippen LogP contribution in [0.4, 0.5) is 5.82 Å². The van der Waals surface area contributed by atoms with E-state index in [1.807, 2.05) is 50.2 Å². The van der Waals surface area contributed by atoms with Crippen molar-refractivity contribution in [1.29, 1.82) is 0 Å². The second-order valence-electron chi connectivity index (χ2n) is 9.27. The highest BCUT2D eigenvalue weighted by Gasteiger charge is 2.13. The summed E-state index contributed by atoms with van der Waals surface area (Å²) in [6, 6.07) is 13.4. The number of benzene rings is 2. The Hall–Kier alpha value is -2.47. The third-order valence-electron chi connectivity index (χ3n) is 5.98. The molecule has 1 heterocycles. The molecule has 0 radical (unpaired) electrons. The molecule has 1 fully saturated rings. The number of para-hydroxylation sites is 1. The van der Waals surface area contributed by atoms with E-state index in [0.717, 1.165) is 38.9 Å². The summed E-state index contributed by atoms with van der Waals surface area (Å²) in [7, 11) is 5.57. The average molecular weight is 529 g/mol. The van der Waals surface area contributed by atoms with Crippen LogP contribution in [0.5, 0.6) is 5.75 Å². The van der Waals surface area contributed by atoms with Gasteiger partial charge in [0.05, 0.1) is 12.6 Å². The lowest BCUT2D eigenvalue weighted by molar-refractivity contribution is 0.101. The minimum Gasteiger partial charge on any atom is -0.497 e. The zero-order valence-corrected chi connectivity index (χ0v) is 23.1. The largest absolute Gasteiger partial charge is 0.497 e. The molecule has 1 aromatic heterocycles. The topological polar surface area (TPSA) is 55.3 Å². The van der Waals surface area contributed by atoms with Gasteiger partial charge in [0.2, 0.25) is 0 Å². The van der Waals surface area contributed by atoms with Crippen LogP contribution in [0.1, 0.15) is 62.6 Å². The number of aromatic nitrogens is 2. The van der Waals surface area contributed by atoms with Gasteiger partial charge in [-0.2, -0.15) is 0 Å². The Labute approximate surface area is 213 Å². The maximum Gasteiger partial charge on any atom is 0.161 e. The van der Waals surface area contributed by atoms with Gasteiger partial charge in [0.25, 0.3) is 0 Å². The molecule has 0 bridgehead atoms.